The minimum atomic E-state index is -0.743. The van der Waals surface area contributed by atoms with Gasteiger partial charge >= 0.3 is 0 Å². The van der Waals surface area contributed by atoms with Crippen LogP contribution in [0.1, 0.15) is 0 Å². The van der Waals surface area contributed by atoms with Gasteiger partial charge in [-0.1, -0.05) is 38.5 Å². The van der Waals surface area contributed by atoms with Crippen molar-refractivity contribution in [2.45, 2.75) is 0 Å². The molecule has 4 amide bonds. The highest BCUT2D eigenvalue weighted by Crippen LogP contribution is 2.07. The van der Waals surface area contributed by atoms with Crippen molar-refractivity contribution in [2.24, 2.45) is 0 Å². The maximum absolute atomic E-state index is 11.3. The third-order valence-electron chi connectivity index (χ3n) is 1.70. The van der Waals surface area contributed by atoms with Crippen molar-refractivity contribution in [1.29, 1.82) is 0 Å². The van der Waals surface area contributed by atoms with Crippen molar-refractivity contribution in [3.05, 3.63) is 11.4 Å². The number of halogens is 2. The van der Waals surface area contributed by atoms with E-state index in [4.69, 9.17) is 0 Å². The van der Waals surface area contributed by atoms with Crippen LogP contribution in [0.15, 0.2) is 11.4 Å². The predicted molar refractivity (Wildman–Crippen MR) is 69.1 cm³/mol. The fourth-order valence-electron chi connectivity index (χ4n) is 1.04. The van der Waals surface area contributed by atoms with Crippen LogP contribution in [-0.2, 0) is 19.2 Å². The van der Waals surface area contributed by atoms with Gasteiger partial charge in [0.2, 0.25) is 11.8 Å². The molecule has 1 aliphatic rings. The highest BCUT2D eigenvalue weighted by Gasteiger charge is 2.32. The minimum Gasteiger partial charge on any atom is -0.319 e. The largest absolute Gasteiger partial charge is 0.319 e. The Balaban J connectivity index is 2.96. The summed E-state index contributed by atoms with van der Waals surface area (Å²) in [5.41, 5.74) is -0.469. The first-order chi connectivity index (χ1) is 7.99. The Morgan fingerprint density at radius 1 is 1.12 bits per heavy atom. The molecule has 0 atom stereocenters. The van der Waals surface area contributed by atoms with Crippen LogP contribution in [0, 0.1) is 0 Å². The summed E-state index contributed by atoms with van der Waals surface area (Å²) in [7, 11) is 0. The molecule has 0 aromatic rings. The Labute approximate surface area is 118 Å². The number of amides is 4. The van der Waals surface area contributed by atoms with Crippen LogP contribution in [0.5, 0.6) is 0 Å². The summed E-state index contributed by atoms with van der Waals surface area (Å²) >= 11 is 4.71. The lowest BCUT2D eigenvalue weighted by molar-refractivity contribution is -0.126. The zero-order valence-electron chi connectivity index (χ0n) is 8.30. The van der Waals surface area contributed by atoms with Gasteiger partial charge in [0.1, 0.15) is 11.4 Å². The van der Waals surface area contributed by atoms with Gasteiger partial charge in [0.15, 0.2) is 0 Å². The van der Waals surface area contributed by atoms with Crippen LogP contribution in [-0.4, -0.2) is 33.4 Å². The van der Waals surface area contributed by atoms with E-state index in [1.54, 1.807) is 22.6 Å². The first-order valence-electron chi connectivity index (χ1n) is 4.31. The predicted octanol–water partition coefficient (Wildman–Crippen LogP) is -1.08. The summed E-state index contributed by atoms with van der Waals surface area (Å²) in [5.74, 6) is -2.41. The van der Waals surface area contributed by atoms with Crippen LogP contribution >= 0.6 is 38.5 Å². The number of rotatable bonds is 4. The summed E-state index contributed by atoms with van der Waals surface area (Å²) < 4.78 is 0.127. The highest BCUT2D eigenvalue weighted by molar-refractivity contribution is 14.1. The molecule has 1 heterocycles. The Bertz CT molecular complexity index is 396. The molecule has 0 saturated heterocycles. The van der Waals surface area contributed by atoms with Gasteiger partial charge in [-0.3, -0.25) is 24.5 Å². The number of hydrogen-bond acceptors (Lipinski definition) is 4. The average molecular weight is 416 g/mol. The van der Waals surface area contributed by atoms with Crippen molar-refractivity contribution in [3.8, 4) is 0 Å². The van der Waals surface area contributed by atoms with E-state index in [0.717, 1.165) is 0 Å². The van der Waals surface area contributed by atoms with Gasteiger partial charge in [-0.2, -0.15) is 0 Å². The number of hydrogen-bond donors (Lipinski definition) is 3. The van der Waals surface area contributed by atoms with Crippen molar-refractivity contribution in [2.75, 3.05) is 9.76 Å². The van der Waals surface area contributed by atoms with E-state index >= 15 is 0 Å². The topological polar surface area (TPSA) is 104 Å². The third kappa shape index (κ3) is 3.49. The Morgan fingerprint density at radius 3 is 2.00 bits per heavy atom. The lowest BCUT2D eigenvalue weighted by atomic mass is 10.3. The fraction of sp³-hybridized carbons (Fsp3) is 0.250. The standard InChI is InChI=1S/C8H7BrIN3O4/c9-1-3(14)11-5-6(12-4(15)2-10)8(17)13-7(5)16/h1-2H2,(H3,11,12,13,14,15,16,17). The first kappa shape index (κ1) is 14.1. The first-order valence-corrected chi connectivity index (χ1v) is 6.96. The molecule has 92 valence electrons. The quantitative estimate of drug-likeness (QED) is 0.308. The molecule has 9 heteroatoms. The van der Waals surface area contributed by atoms with E-state index < -0.39 is 23.6 Å². The summed E-state index contributed by atoms with van der Waals surface area (Å²) in [5, 5.41) is 6.44. The Kier molecular flexibility index (Phi) is 5.05. The molecular weight excluding hydrogens is 409 g/mol. The second-order valence-electron chi connectivity index (χ2n) is 2.90. The van der Waals surface area contributed by atoms with E-state index in [1.165, 1.54) is 0 Å². The lowest BCUT2D eigenvalue weighted by Gasteiger charge is -2.05. The molecule has 0 aliphatic carbocycles. The van der Waals surface area contributed by atoms with Crippen molar-refractivity contribution < 1.29 is 19.2 Å². The van der Waals surface area contributed by atoms with E-state index in [1.807, 2.05) is 5.32 Å². The summed E-state index contributed by atoms with van der Waals surface area (Å²) in [4.78, 5) is 45.0. The van der Waals surface area contributed by atoms with E-state index in [2.05, 4.69) is 26.6 Å². The zero-order chi connectivity index (χ0) is 13.0. The summed E-state index contributed by atoms with van der Waals surface area (Å²) in [6.07, 6.45) is 0. The van der Waals surface area contributed by atoms with Crippen molar-refractivity contribution in [3.63, 3.8) is 0 Å². The van der Waals surface area contributed by atoms with E-state index in [0.29, 0.717) is 0 Å². The molecule has 17 heavy (non-hydrogen) atoms. The van der Waals surface area contributed by atoms with Gasteiger partial charge in [-0.05, 0) is 0 Å². The monoisotopic (exact) mass is 415 g/mol. The van der Waals surface area contributed by atoms with Gasteiger partial charge in [0, 0.05) is 0 Å². The SMILES string of the molecule is O=C(CBr)NC1=C(NC(=O)CI)C(=O)NC1=O. The molecule has 0 aromatic carbocycles. The van der Waals surface area contributed by atoms with Gasteiger partial charge in [0.25, 0.3) is 11.8 Å². The number of carbonyl (C=O) groups excluding carboxylic acids is 4. The smallest absolute Gasteiger partial charge is 0.277 e. The number of nitrogens with one attached hydrogen (secondary N) is 3. The molecule has 0 fully saturated rings. The van der Waals surface area contributed by atoms with Gasteiger partial charge in [-0.25, -0.2) is 0 Å². The Morgan fingerprint density at radius 2 is 1.59 bits per heavy atom. The van der Waals surface area contributed by atoms with Crippen molar-refractivity contribution in [1.82, 2.24) is 16.0 Å². The molecule has 0 aromatic heterocycles. The molecule has 1 aliphatic heterocycles. The van der Waals surface area contributed by atoms with Crippen LogP contribution < -0.4 is 16.0 Å². The maximum atomic E-state index is 11.3. The van der Waals surface area contributed by atoms with E-state index in [-0.39, 0.29) is 21.2 Å². The molecule has 3 N–H and O–H groups in total. The van der Waals surface area contributed by atoms with Crippen LogP contribution in [0.3, 0.4) is 0 Å². The van der Waals surface area contributed by atoms with Crippen LogP contribution in [0.4, 0.5) is 0 Å². The lowest BCUT2D eigenvalue weighted by Crippen LogP contribution is -2.32. The van der Waals surface area contributed by atoms with Crippen LogP contribution in [0.2, 0.25) is 0 Å². The molecule has 1 rings (SSSR count). The fourth-order valence-corrected chi connectivity index (χ4v) is 1.37. The third-order valence-corrected chi connectivity index (χ3v) is 2.90. The molecule has 0 saturated carbocycles. The second kappa shape index (κ2) is 6.10. The number of carbonyl (C=O) groups is 4. The van der Waals surface area contributed by atoms with Gasteiger partial charge < -0.3 is 10.6 Å². The minimum absolute atomic E-state index is 0.0223. The normalized spacial score (nSPS) is 14.7. The highest BCUT2D eigenvalue weighted by atomic mass is 127. The molecular formula is C8H7BrIN3O4. The number of imide groups is 1. The molecule has 0 spiro atoms. The summed E-state index contributed by atoms with van der Waals surface area (Å²) in [6.45, 7) is 0. The van der Waals surface area contributed by atoms with E-state index in [9.17, 15) is 19.2 Å². The second-order valence-corrected chi connectivity index (χ2v) is 4.22. The number of alkyl halides is 2. The summed E-state index contributed by atoms with van der Waals surface area (Å²) in [6, 6.07) is 0. The van der Waals surface area contributed by atoms with Gasteiger partial charge in [0.05, 0.1) is 9.76 Å². The molecule has 0 bridgehead atoms. The Hall–Kier alpha value is -0.970. The maximum Gasteiger partial charge on any atom is 0.277 e. The molecule has 7 nitrogen and oxygen atoms in total. The van der Waals surface area contributed by atoms with Crippen molar-refractivity contribution >= 4 is 62.1 Å². The van der Waals surface area contributed by atoms with Gasteiger partial charge in [-0.15, -0.1) is 0 Å². The average Bonchev–Trinajstić information content (AvgIpc) is 2.55. The molecule has 0 unspecified atom stereocenters. The zero-order valence-corrected chi connectivity index (χ0v) is 12.0. The molecule has 0 radical (unpaired) electrons. The van der Waals surface area contributed by atoms with Crippen LogP contribution in [0.25, 0.3) is 0 Å².